The van der Waals surface area contributed by atoms with E-state index in [1.807, 2.05) is 0 Å². The molecular weight excluding hydrogens is 307 g/mol. The molecule has 112 valence electrons. The smallest absolute Gasteiger partial charge is 0.232 e. The van der Waals surface area contributed by atoms with Crippen molar-refractivity contribution < 1.29 is 14.0 Å². The second-order valence-corrected chi connectivity index (χ2v) is 5.47. The van der Waals surface area contributed by atoms with Crippen molar-refractivity contribution in [2.45, 2.75) is 12.3 Å². The summed E-state index contributed by atoms with van der Waals surface area (Å²) < 4.78 is 13.3. The molecule has 0 fully saturated rings. The van der Waals surface area contributed by atoms with Crippen LogP contribution in [0.15, 0.2) is 42.5 Å². The van der Waals surface area contributed by atoms with E-state index in [-0.39, 0.29) is 18.2 Å². The lowest BCUT2D eigenvalue weighted by Gasteiger charge is -2.24. The van der Waals surface area contributed by atoms with Gasteiger partial charge in [0, 0.05) is 22.8 Å². The summed E-state index contributed by atoms with van der Waals surface area (Å²) in [7, 11) is 0. The van der Waals surface area contributed by atoms with Gasteiger partial charge in [-0.05, 0) is 42.0 Å². The number of carbonyl (C=O) groups is 2. The lowest BCUT2D eigenvalue weighted by molar-refractivity contribution is -0.123. The van der Waals surface area contributed by atoms with Gasteiger partial charge in [-0.1, -0.05) is 17.7 Å². The minimum atomic E-state index is -0.653. The third-order valence-corrected chi connectivity index (χ3v) is 3.73. The van der Waals surface area contributed by atoms with Crippen molar-refractivity contribution in [3.8, 4) is 0 Å². The van der Waals surface area contributed by atoms with Crippen molar-refractivity contribution in [3.63, 3.8) is 0 Å². The molecule has 2 aromatic carbocycles. The van der Waals surface area contributed by atoms with Crippen LogP contribution in [0.1, 0.15) is 17.9 Å². The van der Waals surface area contributed by atoms with Crippen LogP contribution in [0.5, 0.6) is 0 Å². The second-order valence-electron chi connectivity index (χ2n) is 5.03. The van der Waals surface area contributed by atoms with Crippen LogP contribution in [-0.2, 0) is 9.59 Å². The first kappa shape index (κ1) is 14.5. The number of rotatable bonds is 2. The lowest BCUT2D eigenvalue weighted by Crippen LogP contribution is -2.30. The van der Waals surface area contributed by atoms with E-state index in [9.17, 15) is 14.0 Å². The van der Waals surface area contributed by atoms with Gasteiger partial charge in [0.05, 0.1) is 5.92 Å². The highest BCUT2D eigenvalue weighted by Gasteiger charge is 2.30. The van der Waals surface area contributed by atoms with Crippen molar-refractivity contribution in [2.24, 2.45) is 0 Å². The van der Waals surface area contributed by atoms with Gasteiger partial charge >= 0.3 is 0 Å². The number of hydrogen-bond acceptors (Lipinski definition) is 2. The van der Waals surface area contributed by atoms with E-state index in [0.29, 0.717) is 22.0 Å². The van der Waals surface area contributed by atoms with Gasteiger partial charge in [0.25, 0.3) is 0 Å². The average Bonchev–Trinajstić information content (AvgIpc) is 2.48. The van der Waals surface area contributed by atoms with Crippen LogP contribution in [0.4, 0.5) is 15.8 Å². The predicted molar refractivity (Wildman–Crippen MR) is 82.5 cm³/mol. The van der Waals surface area contributed by atoms with Crippen molar-refractivity contribution in [3.05, 3.63) is 58.9 Å². The standard InChI is InChI=1S/C16H12ClFN2O2/c17-9-1-4-11(5-2-9)19-16(22)13-8-15(21)20-14-7-10(18)3-6-12(13)14/h1-7,13H,8H2,(H,19,22)(H,20,21)/t13-/m1/s1. The summed E-state index contributed by atoms with van der Waals surface area (Å²) >= 11 is 5.80. The quantitative estimate of drug-likeness (QED) is 0.889. The van der Waals surface area contributed by atoms with E-state index < -0.39 is 11.7 Å². The Balaban J connectivity index is 1.86. The zero-order valence-corrected chi connectivity index (χ0v) is 12.2. The molecule has 3 rings (SSSR count). The molecule has 1 aliphatic heterocycles. The van der Waals surface area contributed by atoms with Gasteiger partial charge in [-0.2, -0.15) is 0 Å². The van der Waals surface area contributed by atoms with E-state index in [4.69, 9.17) is 11.6 Å². The first-order valence-corrected chi connectivity index (χ1v) is 7.06. The second kappa shape index (κ2) is 5.77. The number of anilines is 2. The van der Waals surface area contributed by atoms with E-state index in [0.717, 1.165) is 0 Å². The number of fused-ring (bicyclic) bond motifs is 1. The molecule has 22 heavy (non-hydrogen) atoms. The first-order valence-electron chi connectivity index (χ1n) is 6.68. The average molecular weight is 319 g/mol. The Kier molecular flexibility index (Phi) is 3.81. The molecule has 0 unspecified atom stereocenters. The normalized spacial score (nSPS) is 16.6. The molecule has 0 bridgehead atoms. The zero-order chi connectivity index (χ0) is 15.7. The Labute approximate surface area is 131 Å². The van der Waals surface area contributed by atoms with Crippen molar-refractivity contribution >= 4 is 34.8 Å². The van der Waals surface area contributed by atoms with Crippen LogP contribution in [0, 0.1) is 5.82 Å². The van der Waals surface area contributed by atoms with E-state index in [1.54, 1.807) is 24.3 Å². The minimum Gasteiger partial charge on any atom is -0.326 e. The van der Waals surface area contributed by atoms with Gasteiger partial charge in [-0.15, -0.1) is 0 Å². The molecule has 0 saturated carbocycles. The SMILES string of the molecule is O=C1C[C@@H](C(=O)Nc2ccc(Cl)cc2)c2ccc(F)cc2N1. The highest BCUT2D eigenvalue weighted by molar-refractivity contribution is 6.30. The molecule has 0 saturated heterocycles. The topological polar surface area (TPSA) is 58.2 Å². The Morgan fingerprint density at radius 2 is 1.95 bits per heavy atom. The van der Waals surface area contributed by atoms with Crippen LogP contribution in [0.25, 0.3) is 0 Å². The van der Waals surface area contributed by atoms with Crippen LogP contribution in [-0.4, -0.2) is 11.8 Å². The Bertz CT molecular complexity index is 746. The van der Waals surface area contributed by atoms with E-state index in [2.05, 4.69) is 10.6 Å². The summed E-state index contributed by atoms with van der Waals surface area (Å²) in [6.07, 6.45) is 0.0258. The monoisotopic (exact) mass is 318 g/mol. The van der Waals surface area contributed by atoms with E-state index >= 15 is 0 Å². The summed E-state index contributed by atoms with van der Waals surface area (Å²) in [5.41, 5.74) is 1.53. The molecule has 2 amide bonds. The lowest BCUT2D eigenvalue weighted by atomic mass is 9.89. The highest BCUT2D eigenvalue weighted by atomic mass is 35.5. The Morgan fingerprint density at radius 3 is 2.68 bits per heavy atom. The molecule has 4 nitrogen and oxygen atoms in total. The molecule has 1 atom stereocenters. The molecule has 0 aromatic heterocycles. The first-order chi connectivity index (χ1) is 10.5. The third-order valence-electron chi connectivity index (χ3n) is 3.48. The number of halogens is 2. The molecule has 2 aromatic rings. The Morgan fingerprint density at radius 1 is 1.23 bits per heavy atom. The number of carbonyl (C=O) groups excluding carboxylic acids is 2. The van der Waals surface area contributed by atoms with Crippen molar-refractivity contribution in [1.82, 2.24) is 0 Å². The molecule has 6 heteroatoms. The van der Waals surface area contributed by atoms with Crippen molar-refractivity contribution in [2.75, 3.05) is 10.6 Å². The maximum atomic E-state index is 13.3. The number of nitrogens with one attached hydrogen (secondary N) is 2. The molecule has 1 aliphatic rings. The van der Waals surface area contributed by atoms with Crippen LogP contribution < -0.4 is 10.6 Å². The van der Waals surface area contributed by atoms with Crippen LogP contribution in [0.3, 0.4) is 0 Å². The van der Waals surface area contributed by atoms with Crippen molar-refractivity contribution in [1.29, 1.82) is 0 Å². The predicted octanol–water partition coefficient (Wildman–Crippen LogP) is 3.54. The maximum absolute atomic E-state index is 13.3. The van der Waals surface area contributed by atoms with Gasteiger partial charge in [-0.25, -0.2) is 4.39 Å². The zero-order valence-electron chi connectivity index (χ0n) is 11.4. The summed E-state index contributed by atoms with van der Waals surface area (Å²) in [6.45, 7) is 0. The third kappa shape index (κ3) is 2.94. The van der Waals surface area contributed by atoms with Gasteiger partial charge < -0.3 is 10.6 Å². The summed E-state index contributed by atoms with van der Waals surface area (Å²) in [5, 5.41) is 5.89. The summed E-state index contributed by atoms with van der Waals surface area (Å²) in [4.78, 5) is 24.1. The summed E-state index contributed by atoms with van der Waals surface area (Å²) in [6, 6.07) is 10.7. The molecule has 2 N–H and O–H groups in total. The van der Waals surface area contributed by atoms with Gasteiger partial charge in [0.2, 0.25) is 11.8 Å². The molecule has 1 heterocycles. The number of benzene rings is 2. The van der Waals surface area contributed by atoms with Crippen LogP contribution >= 0.6 is 11.6 Å². The maximum Gasteiger partial charge on any atom is 0.232 e. The Hall–Kier alpha value is -2.40. The van der Waals surface area contributed by atoms with Crippen LogP contribution in [0.2, 0.25) is 5.02 Å². The van der Waals surface area contributed by atoms with E-state index in [1.165, 1.54) is 18.2 Å². The summed E-state index contributed by atoms with van der Waals surface area (Å²) in [5.74, 6) is -1.74. The molecule has 0 spiro atoms. The molecular formula is C16H12ClFN2O2. The number of amides is 2. The molecule has 0 aliphatic carbocycles. The largest absolute Gasteiger partial charge is 0.326 e. The molecule has 0 radical (unpaired) electrons. The van der Waals surface area contributed by atoms with Gasteiger partial charge in [0.15, 0.2) is 0 Å². The fourth-order valence-corrected chi connectivity index (χ4v) is 2.56. The van der Waals surface area contributed by atoms with Gasteiger partial charge in [-0.3, -0.25) is 9.59 Å². The fraction of sp³-hybridized carbons (Fsp3) is 0.125. The van der Waals surface area contributed by atoms with Gasteiger partial charge in [0.1, 0.15) is 5.82 Å². The highest BCUT2D eigenvalue weighted by Crippen LogP contribution is 2.33. The fourth-order valence-electron chi connectivity index (χ4n) is 2.43. The number of hydrogen-bond donors (Lipinski definition) is 2. The minimum absolute atomic E-state index is 0.0258.